The average Bonchev–Trinajstić information content (AvgIpc) is 2.75. The molecule has 0 saturated carbocycles. The second-order valence-electron chi connectivity index (χ2n) is 4.26. The number of carbonyl (C=O) groups is 1. The summed E-state index contributed by atoms with van der Waals surface area (Å²) in [5.41, 5.74) is 0. The van der Waals surface area contributed by atoms with E-state index < -0.39 is 21.6 Å². The van der Waals surface area contributed by atoms with Crippen molar-refractivity contribution in [3.63, 3.8) is 0 Å². The molecule has 0 spiro atoms. The maximum Gasteiger partial charge on any atom is 0.389 e. The van der Waals surface area contributed by atoms with Crippen LogP contribution in [0.2, 0.25) is 0 Å². The fourth-order valence-corrected chi connectivity index (χ4v) is 3.60. The molecule has 1 aromatic heterocycles. The maximum absolute atomic E-state index is 11.9. The molecule has 1 N–H and O–H groups in total. The minimum absolute atomic E-state index is 0.0314. The summed E-state index contributed by atoms with van der Waals surface area (Å²) >= 11 is 0.886. The number of hydrogen-bond acceptors (Lipinski definition) is 4. The van der Waals surface area contributed by atoms with Gasteiger partial charge in [0.25, 0.3) is 9.05 Å². The molecule has 1 rings (SSSR count). The Balaban J connectivity index is 2.30. The first-order valence-corrected chi connectivity index (χ1v) is 9.07. The predicted molar refractivity (Wildman–Crippen MR) is 74.0 cm³/mol. The Labute approximate surface area is 128 Å². The summed E-state index contributed by atoms with van der Waals surface area (Å²) in [7, 11) is 1.35. The van der Waals surface area contributed by atoms with E-state index in [0.29, 0.717) is 4.88 Å². The van der Waals surface area contributed by atoms with Gasteiger partial charge in [0, 0.05) is 28.5 Å². The molecule has 0 atom stereocenters. The zero-order valence-corrected chi connectivity index (χ0v) is 13.1. The van der Waals surface area contributed by atoms with Gasteiger partial charge in [-0.1, -0.05) is 0 Å². The molecule has 0 aliphatic carbocycles. The number of nitrogens with one attached hydrogen (secondary N) is 1. The second-order valence-corrected chi connectivity index (χ2v) is 8.22. The van der Waals surface area contributed by atoms with Crippen LogP contribution >= 0.6 is 22.0 Å². The van der Waals surface area contributed by atoms with Crippen LogP contribution in [0.3, 0.4) is 0 Å². The van der Waals surface area contributed by atoms with Crippen LogP contribution in [-0.2, 0) is 20.3 Å². The Morgan fingerprint density at radius 3 is 2.48 bits per heavy atom. The van der Waals surface area contributed by atoms with E-state index in [1.54, 1.807) is 0 Å². The minimum atomic E-state index is -4.18. The lowest BCUT2D eigenvalue weighted by Gasteiger charge is -2.06. The van der Waals surface area contributed by atoms with Crippen LogP contribution in [0.5, 0.6) is 0 Å². The van der Waals surface area contributed by atoms with Crippen LogP contribution < -0.4 is 5.32 Å². The van der Waals surface area contributed by atoms with Gasteiger partial charge in [-0.3, -0.25) is 4.79 Å². The van der Waals surface area contributed by atoms with E-state index in [-0.39, 0.29) is 35.9 Å². The lowest BCUT2D eigenvalue weighted by molar-refractivity contribution is -0.135. The molecular formula is C11H13ClF3NO3S2. The van der Waals surface area contributed by atoms with Gasteiger partial charge >= 0.3 is 6.18 Å². The smallest absolute Gasteiger partial charge is 0.356 e. The Morgan fingerprint density at radius 2 is 1.95 bits per heavy atom. The molecule has 0 aromatic carbocycles. The molecular weight excluding hydrogens is 351 g/mol. The maximum atomic E-state index is 11.9. The monoisotopic (exact) mass is 363 g/mol. The van der Waals surface area contributed by atoms with E-state index in [2.05, 4.69) is 5.32 Å². The molecule has 0 radical (unpaired) electrons. The van der Waals surface area contributed by atoms with Gasteiger partial charge in [-0.2, -0.15) is 13.2 Å². The fourth-order valence-electron chi connectivity index (χ4n) is 1.48. The molecule has 4 nitrogen and oxygen atoms in total. The molecule has 0 fully saturated rings. The van der Waals surface area contributed by atoms with Crippen LogP contribution in [-0.4, -0.2) is 27.0 Å². The summed E-state index contributed by atoms with van der Waals surface area (Å²) < 4.78 is 57.7. The van der Waals surface area contributed by atoms with E-state index in [0.717, 1.165) is 11.3 Å². The van der Waals surface area contributed by atoms with Crippen molar-refractivity contribution in [3.8, 4) is 0 Å². The van der Waals surface area contributed by atoms with Gasteiger partial charge in [0.1, 0.15) is 4.21 Å². The van der Waals surface area contributed by atoms with E-state index in [1.165, 1.54) is 12.1 Å². The van der Waals surface area contributed by atoms with E-state index in [9.17, 15) is 26.4 Å². The quantitative estimate of drug-likeness (QED) is 0.598. The lowest BCUT2D eigenvalue weighted by atomic mass is 10.2. The Bertz CT molecular complexity index is 584. The van der Waals surface area contributed by atoms with Crippen molar-refractivity contribution in [2.75, 3.05) is 6.54 Å². The molecule has 1 aromatic rings. The van der Waals surface area contributed by atoms with Gasteiger partial charge in [-0.25, -0.2) is 8.42 Å². The SMILES string of the molecule is O=C(Cc1ccc(S(=O)(=O)Cl)s1)NCCCCC(F)(F)F. The van der Waals surface area contributed by atoms with Gasteiger partial charge in [-0.15, -0.1) is 11.3 Å². The normalized spacial score (nSPS) is 12.4. The first kappa shape index (κ1) is 18.2. The Hall–Kier alpha value is -0.800. The van der Waals surface area contributed by atoms with E-state index >= 15 is 0 Å². The summed E-state index contributed by atoms with van der Waals surface area (Å²) in [6.07, 6.45) is -4.89. The highest BCUT2D eigenvalue weighted by molar-refractivity contribution is 8.15. The van der Waals surface area contributed by atoms with Gasteiger partial charge < -0.3 is 5.32 Å². The number of carbonyl (C=O) groups excluding carboxylic acids is 1. The first-order valence-electron chi connectivity index (χ1n) is 5.95. The van der Waals surface area contributed by atoms with Crippen LogP contribution in [0.15, 0.2) is 16.3 Å². The summed E-state index contributed by atoms with van der Waals surface area (Å²) in [5.74, 6) is -0.373. The lowest BCUT2D eigenvalue weighted by Crippen LogP contribution is -2.26. The summed E-state index contributed by atoms with van der Waals surface area (Å²) in [6.45, 7) is 0.154. The molecule has 10 heteroatoms. The molecule has 1 heterocycles. The second kappa shape index (κ2) is 7.46. The first-order chi connectivity index (χ1) is 9.58. The van der Waals surface area contributed by atoms with Crippen LogP contribution in [0.25, 0.3) is 0 Å². The molecule has 0 saturated heterocycles. The fraction of sp³-hybridized carbons (Fsp3) is 0.545. The van der Waals surface area contributed by atoms with E-state index in [1.807, 2.05) is 0 Å². The molecule has 0 aliphatic heterocycles. The molecule has 0 unspecified atom stereocenters. The summed E-state index contributed by atoms with van der Waals surface area (Å²) in [4.78, 5) is 12.0. The zero-order valence-electron chi connectivity index (χ0n) is 10.7. The minimum Gasteiger partial charge on any atom is -0.356 e. The summed E-state index contributed by atoms with van der Waals surface area (Å²) in [5, 5.41) is 2.48. The van der Waals surface area contributed by atoms with Crippen LogP contribution in [0, 0.1) is 0 Å². The summed E-state index contributed by atoms with van der Waals surface area (Å²) in [6, 6.07) is 2.78. The van der Waals surface area contributed by atoms with Crippen molar-refractivity contribution in [3.05, 3.63) is 17.0 Å². The third-order valence-electron chi connectivity index (χ3n) is 2.42. The molecule has 120 valence electrons. The van der Waals surface area contributed by atoms with Crippen LogP contribution in [0.4, 0.5) is 13.2 Å². The zero-order chi connectivity index (χ0) is 16.1. The van der Waals surface area contributed by atoms with Gasteiger partial charge in [-0.05, 0) is 25.0 Å². The molecule has 0 aliphatic rings. The highest BCUT2D eigenvalue weighted by atomic mass is 35.7. The Kier molecular flexibility index (Phi) is 6.48. The number of alkyl halides is 3. The third kappa shape index (κ3) is 7.68. The number of rotatable bonds is 7. The number of hydrogen-bond donors (Lipinski definition) is 1. The highest BCUT2D eigenvalue weighted by Crippen LogP contribution is 2.25. The van der Waals surface area contributed by atoms with Crippen LogP contribution in [0.1, 0.15) is 24.1 Å². The average molecular weight is 364 g/mol. The van der Waals surface area contributed by atoms with Crippen molar-refractivity contribution < 1.29 is 26.4 Å². The van der Waals surface area contributed by atoms with Gasteiger partial charge in [0.2, 0.25) is 5.91 Å². The number of unbranched alkanes of at least 4 members (excludes halogenated alkanes) is 1. The van der Waals surface area contributed by atoms with E-state index in [4.69, 9.17) is 10.7 Å². The molecule has 0 bridgehead atoms. The topological polar surface area (TPSA) is 63.2 Å². The largest absolute Gasteiger partial charge is 0.389 e. The van der Waals surface area contributed by atoms with Crippen molar-refractivity contribution in [2.24, 2.45) is 0 Å². The van der Waals surface area contributed by atoms with Crippen molar-refractivity contribution in [2.45, 2.75) is 36.1 Å². The van der Waals surface area contributed by atoms with Crippen molar-refractivity contribution >= 4 is 37.0 Å². The number of amides is 1. The van der Waals surface area contributed by atoms with Gasteiger partial charge in [0.05, 0.1) is 6.42 Å². The number of thiophene rings is 1. The number of halogens is 4. The predicted octanol–water partition coefficient (Wildman–Crippen LogP) is 3.07. The Morgan fingerprint density at radius 1 is 1.29 bits per heavy atom. The molecule has 21 heavy (non-hydrogen) atoms. The van der Waals surface area contributed by atoms with Gasteiger partial charge in [0.15, 0.2) is 0 Å². The van der Waals surface area contributed by atoms with Crippen molar-refractivity contribution in [1.82, 2.24) is 5.32 Å². The van der Waals surface area contributed by atoms with Crippen molar-refractivity contribution in [1.29, 1.82) is 0 Å². The third-order valence-corrected chi connectivity index (χ3v) is 5.60. The molecule has 1 amide bonds. The standard InChI is InChI=1S/C11H13ClF3NO3S2/c12-21(18,19)10-4-3-8(20-10)7-9(17)16-6-2-1-5-11(13,14)15/h3-4H,1-2,5-7H2,(H,16,17). The highest BCUT2D eigenvalue weighted by Gasteiger charge is 2.25.